The average molecular weight is 235 g/mol. The maximum Gasteiger partial charge on any atom is 0.0412 e. The number of allylic oxidation sites excluding steroid dienone is 2. The lowest BCUT2D eigenvalue weighted by Crippen LogP contribution is -2.20. The molecule has 0 fully saturated rings. The van der Waals surface area contributed by atoms with Crippen molar-refractivity contribution in [2.24, 2.45) is 11.3 Å². The Balaban J connectivity index is 2.46. The third-order valence-electron chi connectivity index (χ3n) is 4.03. The second kappa shape index (κ2) is 3.92. The van der Waals surface area contributed by atoms with Gasteiger partial charge in [-0.1, -0.05) is 51.4 Å². The van der Waals surface area contributed by atoms with Crippen LogP contribution in [0.3, 0.4) is 0 Å². The second-order valence-electron chi connectivity index (χ2n) is 5.50. The topological polar surface area (TPSA) is 0 Å². The van der Waals surface area contributed by atoms with Crippen LogP contribution in [-0.2, 0) is 6.42 Å². The van der Waals surface area contributed by atoms with Gasteiger partial charge in [-0.25, -0.2) is 0 Å². The van der Waals surface area contributed by atoms with Gasteiger partial charge in [-0.2, -0.15) is 0 Å². The lowest BCUT2D eigenvalue weighted by Gasteiger charge is -2.32. The highest BCUT2D eigenvalue weighted by molar-refractivity contribution is 6.30. The molecule has 0 unspecified atom stereocenters. The van der Waals surface area contributed by atoms with E-state index in [2.05, 4.69) is 45.9 Å². The monoisotopic (exact) mass is 234 g/mol. The van der Waals surface area contributed by atoms with Crippen LogP contribution in [0.5, 0.6) is 0 Å². The predicted molar refractivity (Wildman–Crippen MR) is 71.8 cm³/mol. The quantitative estimate of drug-likeness (QED) is 0.679. The number of rotatable bonds is 2. The SMILES string of the molecule is CC(C)C(C)(C)C1=CCc2ccc(Cl)cc21. The van der Waals surface area contributed by atoms with Crippen LogP contribution in [0, 0.1) is 11.3 Å². The van der Waals surface area contributed by atoms with Gasteiger partial charge in [0.05, 0.1) is 0 Å². The molecule has 0 N–H and O–H groups in total. The highest BCUT2D eigenvalue weighted by Gasteiger charge is 2.31. The zero-order valence-corrected chi connectivity index (χ0v) is 11.2. The Morgan fingerprint density at radius 3 is 2.56 bits per heavy atom. The van der Waals surface area contributed by atoms with Crippen molar-refractivity contribution in [2.45, 2.75) is 34.1 Å². The van der Waals surface area contributed by atoms with E-state index in [9.17, 15) is 0 Å². The van der Waals surface area contributed by atoms with E-state index in [1.54, 1.807) is 0 Å². The number of benzene rings is 1. The van der Waals surface area contributed by atoms with Gasteiger partial charge in [-0.3, -0.25) is 0 Å². The highest BCUT2D eigenvalue weighted by Crippen LogP contribution is 2.45. The molecule has 1 heteroatoms. The van der Waals surface area contributed by atoms with Crippen molar-refractivity contribution < 1.29 is 0 Å². The van der Waals surface area contributed by atoms with Crippen molar-refractivity contribution in [2.75, 3.05) is 0 Å². The van der Waals surface area contributed by atoms with Gasteiger partial charge in [0.15, 0.2) is 0 Å². The van der Waals surface area contributed by atoms with Crippen molar-refractivity contribution in [1.29, 1.82) is 0 Å². The van der Waals surface area contributed by atoms with E-state index in [1.807, 2.05) is 6.07 Å². The summed E-state index contributed by atoms with van der Waals surface area (Å²) in [5.41, 5.74) is 4.44. The molecule has 0 heterocycles. The summed E-state index contributed by atoms with van der Waals surface area (Å²) >= 11 is 6.09. The van der Waals surface area contributed by atoms with Crippen LogP contribution in [0.15, 0.2) is 24.3 Å². The van der Waals surface area contributed by atoms with Gasteiger partial charge in [-0.05, 0) is 46.6 Å². The van der Waals surface area contributed by atoms with Crippen molar-refractivity contribution in [3.8, 4) is 0 Å². The van der Waals surface area contributed by atoms with Crippen LogP contribution in [0.25, 0.3) is 5.57 Å². The smallest absolute Gasteiger partial charge is 0.0412 e. The van der Waals surface area contributed by atoms with Crippen LogP contribution in [-0.4, -0.2) is 0 Å². The van der Waals surface area contributed by atoms with Crippen LogP contribution in [0.4, 0.5) is 0 Å². The summed E-state index contributed by atoms with van der Waals surface area (Å²) in [5.74, 6) is 0.628. The van der Waals surface area contributed by atoms with Crippen LogP contribution >= 0.6 is 11.6 Å². The lowest BCUT2D eigenvalue weighted by molar-refractivity contribution is 0.349. The molecule has 86 valence electrons. The Morgan fingerprint density at radius 1 is 1.25 bits per heavy atom. The molecule has 0 radical (unpaired) electrons. The van der Waals surface area contributed by atoms with Gasteiger partial charge in [-0.15, -0.1) is 0 Å². The second-order valence-corrected chi connectivity index (χ2v) is 5.94. The number of hydrogen-bond acceptors (Lipinski definition) is 0. The molecule has 1 aliphatic rings. The van der Waals surface area contributed by atoms with Gasteiger partial charge in [0.25, 0.3) is 0 Å². The third kappa shape index (κ3) is 1.80. The maximum absolute atomic E-state index is 6.09. The first-order chi connectivity index (χ1) is 7.43. The van der Waals surface area contributed by atoms with E-state index >= 15 is 0 Å². The summed E-state index contributed by atoms with van der Waals surface area (Å²) in [5, 5.41) is 0.839. The first-order valence-electron chi connectivity index (χ1n) is 5.92. The zero-order valence-electron chi connectivity index (χ0n) is 10.5. The Hall–Kier alpha value is -0.750. The summed E-state index contributed by atoms with van der Waals surface area (Å²) in [7, 11) is 0. The first kappa shape index (κ1) is 11.7. The van der Waals surface area contributed by atoms with E-state index in [0.29, 0.717) is 5.92 Å². The maximum atomic E-state index is 6.09. The van der Waals surface area contributed by atoms with Gasteiger partial charge >= 0.3 is 0 Å². The molecule has 0 nitrogen and oxygen atoms in total. The summed E-state index contributed by atoms with van der Waals surface area (Å²) < 4.78 is 0. The normalized spacial score (nSPS) is 15.2. The van der Waals surface area contributed by atoms with E-state index < -0.39 is 0 Å². The van der Waals surface area contributed by atoms with Gasteiger partial charge in [0, 0.05) is 5.02 Å². The largest absolute Gasteiger partial charge is 0.0843 e. The lowest BCUT2D eigenvalue weighted by atomic mass is 9.73. The van der Waals surface area contributed by atoms with Crippen molar-refractivity contribution >= 4 is 17.2 Å². The molecular weight excluding hydrogens is 216 g/mol. The number of fused-ring (bicyclic) bond motifs is 1. The Kier molecular flexibility index (Phi) is 2.88. The van der Waals surface area contributed by atoms with Crippen molar-refractivity contribution in [1.82, 2.24) is 0 Å². The summed E-state index contributed by atoms with van der Waals surface area (Å²) in [6.45, 7) is 9.20. The predicted octanol–water partition coefficient (Wildman–Crippen LogP) is 4.96. The summed E-state index contributed by atoms with van der Waals surface area (Å²) in [6, 6.07) is 6.25. The minimum atomic E-state index is 0.218. The van der Waals surface area contributed by atoms with E-state index in [1.165, 1.54) is 16.7 Å². The van der Waals surface area contributed by atoms with E-state index in [0.717, 1.165) is 11.4 Å². The molecule has 0 spiro atoms. The fourth-order valence-corrected chi connectivity index (χ4v) is 2.39. The average Bonchev–Trinajstić information content (AvgIpc) is 2.60. The minimum Gasteiger partial charge on any atom is -0.0843 e. The third-order valence-corrected chi connectivity index (χ3v) is 4.26. The molecule has 0 atom stereocenters. The highest BCUT2D eigenvalue weighted by atomic mass is 35.5. The Bertz CT molecular complexity index is 439. The summed E-state index contributed by atoms with van der Waals surface area (Å²) in [6.07, 6.45) is 3.42. The molecule has 1 aliphatic carbocycles. The van der Waals surface area contributed by atoms with Gasteiger partial charge < -0.3 is 0 Å². The fourth-order valence-electron chi connectivity index (χ4n) is 2.22. The van der Waals surface area contributed by atoms with Crippen LogP contribution in [0.2, 0.25) is 5.02 Å². The van der Waals surface area contributed by atoms with E-state index in [-0.39, 0.29) is 5.41 Å². The molecule has 1 aromatic rings. The van der Waals surface area contributed by atoms with Crippen molar-refractivity contribution in [3.05, 3.63) is 40.4 Å². The molecule has 0 saturated heterocycles. The van der Waals surface area contributed by atoms with Gasteiger partial charge in [0.2, 0.25) is 0 Å². The number of halogens is 1. The molecule has 0 aromatic heterocycles. The molecule has 16 heavy (non-hydrogen) atoms. The van der Waals surface area contributed by atoms with Crippen LogP contribution in [0.1, 0.15) is 38.8 Å². The van der Waals surface area contributed by atoms with Crippen molar-refractivity contribution in [3.63, 3.8) is 0 Å². The fraction of sp³-hybridized carbons (Fsp3) is 0.467. The molecule has 2 rings (SSSR count). The molecule has 0 aliphatic heterocycles. The zero-order chi connectivity index (χ0) is 11.9. The Labute approximate surface area is 103 Å². The standard InChI is InChI=1S/C15H19Cl/c1-10(2)15(3,4)14-8-6-11-5-7-12(16)9-13(11)14/h5,7-10H,6H2,1-4H3. The number of hydrogen-bond donors (Lipinski definition) is 0. The first-order valence-corrected chi connectivity index (χ1v) is 6.30. The Morgan fingerprint density at radius 2 is 1.94 bits per heavy atom. The molecule has 1 aromatic carbocycles. The molecule has 0 saturated carbocycles. The molecular formula is C15H19Cl. The molecule has 0 bridgehead atoms. The van der Waals surface area contributed by atoms with Crippen LogP contribution < -0.4 is 0 Å². The summed E-state index contributed by atoms with van der Waals surface area (Å²) in [4.78, 5) is 0. The molecule has 0 amide bonds. The minimum absolute atomic E-state index is 0.218. The van der Waals surface area contributed by atoms with Gasteiger partial charge in [0.1, 0.15) is 0 Å². The van der Waals surface area contributed by atoms with E-state index in [4.69, 9.17) is 11.6 Å².